The van der Waals surface area contributed by atoms with E-state index in [2.05, 4.69) is 5.32 Å². The van der Waals surface area contributed by atoms with Gasteiger partial charge in [-0.2, -0.15) is 0 Å². The van der Waals surface area contributed by atoms with Gasteiger partial charge in [0.25, 0.3) is 11.8 Å². The van der Waals surface area contributed by atoms with Crippen LogP contribution in [0.2, 0.25) is 0 Å². The van der Waals surface area contributed by atoms with E-state index in [1.165, 1.54) is 4.90 Å². The average molecular weight is 321 g/mol. The fraction of sp³-hybridized carbons (Fsp3) is 0.400. The van der Waals surface area contributed by atoms with Crippen molar-refractivity contribution in [3.8, 4) is 0 Å². The second-order valence-corrected chi connectivity index (χ2v) is 4.97. The van der Waals surface area contributed by atoms with Crippen LogP contribution in [0.1, 0.15) is 20.7 Å². The SMILES string of the molecule is O=C(NCCN1C(=O)c2ccccc2C1=O)N(CCO)CCO. The van der Waals surface area contributed by atoms with Gasteiger partial charge in [0, 0.05) is 26.2 Å². The molecule has 0 fully saturated rings. The number of aliphatic hydroxyl groups excluding tert-OH is 2. The van der Waals surface area contributed by atoms with E-state index >= 15 is 0 Å². The Hall–Kier alpha value is -2.45. The number of carbonyl (C=O) groups is 3. The Bertz CT molecular complexity index is 564. The number of hydrogen-bond donors (Lipinski definition) is 3. The third-order valence-corrected chi connectivity index (χ3v) is 3.52. The minimum absolute atomic E-state index is 0.0597. The molecule has 0 aliphatic carbocycles. The van der Waals surface area contributed by atoms with Crippen LogP contribution in [0.25, 0.3) is 0 Å². The van der Waals surface area contributed by atoms with Crippen LogP contribution in [0.15, 0.2) is 24.3 Å². The fourth-order valence-corrected chi connectivity index (χ4v) is 2.38. The van der Waals surface area contributed by atoms with E-state index in [9.17, 15) is 14.4 Å². The fourth-order valence-electron chi connectivity index (χ4n) is 2.38. The molecule has 1 aliphatic heterocycles. The minimum atomic E-state index is -0.468. The molecule has 0 atom stereocenters. The second kappa shape index (κ2) is 7.70. The predicted molar refractivity (Wildman–Crippen MR) is 81.0 cm³/mol. The molecule has 0 unspecified atom stereocenters. The Morgan fingerprint density at radius 3 is 2.04 bits per heavy atom. The maximum Gasteiger partial charge on any atom is 0.317 e. The first-order valence-electron chi connectivity index (χ1n) is 7.30. The molecule has 0 spiro atoms. The van der Waals surface area contributed by atoms with Gasteiger partial charge >= 0.3 is 6.03 Å². The Morgan fingerprint density at radius 2 is 1.57 bits per heavy atom. The molecule has 0 radical (unpaired) electrons. The Labute approximate surface area is 133 Å². The third kappa shape index (κ3) is 3.66. The highest BCUT2D eigenvalue weighted by molar-refractivity contribution is 6.21. The summed E-state index contributed by atoms with van der Waals surface area (Å²) in [7, 11) is 0. The summed E-state index contributed by atoms with van der Waals surface area (Å²) in [6.07, 6.45) is 0. The molecule has 1 aliphatic rings. The number of aliphatic hydroxyl groups is 2. The predicted octanol–water partition coefficient (Wildman–Crippen LogP) is -0.721. The molecular weight excluding hydrogens is 302 g/mol. The summed E-state index contributed by atoms with van der Waals surface area (Å²) in [6, 6.07) is 6.11. The van der Waals surface area contributed by atoms with Crippen molar-refractivity contribution in [3.05, 3.63) is 35.4 Å². The van der Waals surface area contributed by atoms with Crippen molar-refractivity contribution in [2.24, 2.45) is 0 Å². The Kier molecular flexibility index (Phi) is 5.67. The number of imide groups is 1. The molecule has 3 N–H and O–H groups in total. The summed E-state index contributed by atoms with van der Waals surface area (Å²) in [5.41, 5.74) is 0.733. The lowest BCUT2D eigenvalue weighted by Crippen LogP contribution is -2.46. The van der Waals surface area contributed by atoms with E-state index in [4.69, 9.17) is 10.2 Å². The second-order valence-electron chi connectivity index (χ2n) is 4.97. The van der Waals surface area contributed by atoms with Gasteiger partial charge in [0.15, 0.2) is 0 Å². The molecule has 8 nitrogen and oxygen atoms in total. The molecule has 1 heterocycles. The molecule has 0 saturated heterocycles. The number of amides is 4. The molecule has 4 amide bonds. The van der Waals surface area contributed by atoms with Crippen LogP contribution in [0.3, 0.4) is 0 Å². The van der Waals surface area contributed by atoms with Gasteiger partial charge in [0.1, 0.15) is 0 Å². The normalized spacial score (nSPS) is 13.2. The van der Waals surface area contributed by atoms with Gasteiger partial charge in [0.05, 0.1) is 24.3 Å². The molecule has 0 bridgehead atoms. The molecule has 0 aromatic heterocycles. The molecule has 124 valence electrons. The van der Waals surface area contributed by atoms with Crippen molar-refractivity contribution in [1.82, 2.24) is 15.1 Å². The van der Waals surface area contributed by atoms with E-state index < -0.39 is 6.03 Å². The summed E-state index contributed by atoms with van der Waals surface area (Å²) in [4.78, 5) is 38.5. The highest BCUT2D eigenvalue weighted by Crippen LogP contribution is 2.21. The number of fused-ring (bicyclic) bond motifs is 1. The maximum atomic E-state index is 12.1. The number of rotatable bonds is 7. The minimum Gasteiger partial charge on any atom is -0.395 e. The standard InChI is InChI=1S/C15H19N3O5/c19-9-7-17(8-10-20)15(23)16-5-6-18-13(21)11-3-1-2-4-12(11)14(18)22/h1-4,19-20H,5-10H2,(H,16,23). The number of nitrogens with one attached hydrogen (secondary N) is 1. The topological polar surface area (TPSA) is 110 Å². The zero-order valence-corrected chi connectivity index (χ0v) is 12.6. The Morgan fingerprint density at radius 1 is 1.04 bits per heavy atom. The zero-order valence-electron chi connectivity index (χ0n) is 12.6. The van der Waals surface area contributed by atoms with Gasteiger partial charge in [0.2, 0.25) is 0 Å². The smallest absolute Gasteiger partial charge is 0.317 e. The van der Waals surface area contributed by atoms with E-state index in [-0.39, 0.29) is 51.2 Å². The lowest BCUT2D eigenvalue weighted by atomic mass is 10.1. The molecule has 1 aromatic carbocycles. The average Bonchev–Trinajstić information content (AvgIpc) is 2.80. The van der Waals surface area contributed by atoms with E-state index in [1.807, 2.05) is 0 Å². The van der Waals surface area contributed by atoms with E-state index in [0.717, 1.165) is 4.90 Å². The van der Waals surface area contributed by atoms with Crippen LogP contribution < -0.4 is 5.32 Å². The third-order valence-electron chi connectivity index (χ3n) is 3.52. The summed E-state index contributed by atoms with van der Waals surface area (Å²) in [5, 5.41) is 20.3. The summed E-state index contributed by atoms with van der Waals surface area (Å²) >= 11 is 0. The lowest BCUT2D eigenvalue weighted by Gasteiger charge is -2.22. The van der Waals surface area contributed by atoms with Crippen LogP contribution >= 0.6 is 0 Å². The van der Waals surface area contributed by atoms with E-state index in [0.29, 0.717) is 11.1 Å². The van der Waals surface area contributed by atoms with Crippen molar-refractivity contribution in [1.29, 1.82) is 0 Å². The van der Waals surface area contributed by atoms with Gasteiger partial charge in [-0.05, 0) is 12.1 Å². The Balaban J connectivity index is 1.89. The molecule has 0 saturated carbocycles. The number of benzene rings is 1. The summed E-state index contributed by atoms with van der Waals surface area (Å²) in [6.45, 7) is -0.0850. The van der Waals surface area contributed by atoms with Gasteiger partial charge < -0.3 is 20.4 Å². The molecule has 23 heavy (non-hydrogen) atoms. The molecular formula is C15H19N3O5. The summed E-state index contributed by atoms with van der Waals surface area (Å²) in [5.74, 6) is -0.746. The first-order valence-corrected chi connectivity index (χ1v) is 7.30. The van der Waals surface area contributed by atoms with Crippen molar-refractivity contribution in [2.75, 3.05) is 39.4 Å². The highest BCUT2D eigenvalue weighted by Gasteiger charge is 2.34. The maximum absolute atomic E-state index is 12.1. The van der Waals surface area contributed by atoms with Gasteiger partial charge in [-0.15, -0.1) is 0 Å². The number of urea groups is 1. The van der Waals surface area contributed by atoms with Crippen molar-refractivity contribution in [2.45, 2.75) is 0 Å². The first kappa shape index (κ1) is 16.9. The van der Waals surface area contributed by atoms with E-state index in [1.54, 1.807) is 24.3 Å². The van der Waals surface area contributed by atoms with Crippen LogP contribution in [0.5, 0.6) is 0 Å². The largest absolute Gasteiger partial charge is 0.395 e. The highest BCUT2D eigenvalue weighted by atomic mass is 16.3. The lowest BCUT2D eigenvalue weighted by molar-refractivity contribution is 0.0655. The monoisotopic (exact) mass is 321 g/mol. The number of carbonyl (C=O) groups excluding carboxylic acids is 3. The molecule has 8 heteroatoms. The van der Waals surface area contributed by atoms with Crippen LogP contribution in [-0.2, 0) is 0 Å². The van der Waals surface area contributed by atoms with Crippen molar-refractivity contribution in [3.63, 3.8) is 0 Å². The van der Waals surface area contributed by atoms with Crippen LogP contribution in [0, 0.1) is 0 Å². The van der Waals surface area contributed by atoms with Gasteiger partial charge in [-0.3, -0.25) is 14.5 Å². The number of hydrogen-bond acceptors (Lipinski definition) is 5. The van der Waals surface area contributed by atoms with Gasteiger partial charge in [-0.1, -0.05) is 12.1 Å². The first-order chi connectivity index (χ1) is 11.1. The van der Waals surface area contributed by atoms with Gasteiger partial charge in [-0.25, -0.2) is 4.79 Å². The molecule has 1 aromatic rings. The number of nitrogens with zero attached hydrogens (tertiary/aromatic N) is 2. The van der Waals surface area contributed by atoms with Crippen molar-refractivity contribution < 1.29 is 24.6 Å². The molecule has 2 rings (SSSR count). The van der Waals surface area contributed by atoms with Crippen molar-refractivity contribution >= 4 is 17.8 Å². The summed E-state index contributed by atoms with van der Waals surface area (Å²) < 4.78 is 0. The van der Waals surface area contributed by atoms with Crippen LogP contribution in [-0.4, -0.2) is 77.3 Å². The zero-order chi connectivity index (χ0) is 16.8. The quantitative estimate of drug-likeness (QED) is 0.574. The van der Waals surface area contributed by atoms with Crippen LogP contribution in [0.4, 0.5) is 4.79 Å².